The Morgan fingerprint density at radius 1 is 1.15 bits per heavy atom. The molecule has 1 saturated carbocycles. The minimum absolute atomic E-state index is 0.235. The van der Waals surface area contributed by atoms with Gasteiger partial charge in [-0.1, -0.05) is 48.0 Å². The highest BCUT2D eigenvalue weighted by molar-refractivity contribution is 5.02. The van der Waals surface area contributed by atoms with Crippen LogP contribution in [0.1, 0.15) is 73.6 Å². The van der Waals surface area contributed by atoms with Crippen LogP contribution in [0.5, 0.6) is 0 Å². The predicted octanol–water partition coefficient (Wildman–Crippen LogP) is 4.29. The molecule has 0 aliphatic heterocycles. The molecular formula is C18H38N2. The van der Waals surface area contributed by atoms with Gasteiger partial charge in [-0.3, -0.25) is 4.90 Å². The molecular weight excluding hydrogens is 244 g/mol. The first kappa shape index (κ1) is 18.0. The minimum Gasteiger partial charge on any atom is -0.329 e. The lowest BCUT2D eigenvalue weighted by Gasteiger charge is -2.55. The van der Waals surface area contributed by atoms with Crippen LogP contribution in [-0.4, -0.2) is 29.6 Å². The fourth-order valence-corrected chi connectivity index (χ4v) is 4.33. The SMILES string of the molecule is CCC(CC)N(CC(C)C)C1(CN)CC(C)CCC1C. The van der Waals surface area contributed by atoms with Gasteiger partial charge >= 0.3 is 0 Å². The summed E-state index contributed by atoms with van der Waals surface area (Å²) in [7, 11) is 0. The lowest BCUT2D eigenvalue weighted by Crippen LogP contribution is -2.63. The van der Waals surface area contributed by atoms with Crippen molar-refractivity contribution in [2.45, 2.75) is 85.2 Å². The Labute approximate surface area is 127 Å². The summed E-state index contributed by atoms with van der Waals surface area (Å²) >= 11 is 0. The maximum absolute atomic E-state index is 6.37. The molecule has 2 N–H and O–H groups in total. The van der Waals surface area contributed by atoms with Crippen LogP contribution >= 0.6 is 0 Å². The lowest BCUT2D eigenvalue weighted by molar-refractivity contribution is -0.0415. The Hall–Kier alpha value is -0.0800. The van der Waals surface area contributed by atoms with E-state index in [9.17, 15) is 0 Å². The first-order valence-corrected chi connectivity index (χ1v) is 8.88. The standard InChI is InChI=1S/C18H38N2/c1-7-17(8-2)20(12-14(3)4)18(13-19)11-15(5)9-10-16(18)6/h14-17H,7-13,19H2,1-6H3. The quantitative estimate of drug-likeness (QED) is 0.755. The zero-order valence-corrected chi connectivity index (χ0v) is 14.8. The van der Waals surface area contributed by atoms with Crippen molar-refractivity contribution in [1.82, 2.24) is 4.90 Å². The van der Waals surface area contributed by atoms with E-state index in [2.05, 4.69) is 46.4 Å². The van der Waals surface area contributed by atoms with Gasteiger partial charge in [0.15, 0.2) is 0 Å². The summed E-state index contributed by atoms with van der Waals surface area (Å²) in [6.45, 7) is 16.2. The van der Waals surface area contributed by atoms with Gasteiger partial charge in [-0.2, -0.15) is 0 Å². The van der Waals surface area contributed by atoms with E-state index in [-0.39, 0.29) is 5.54 Å². The van der Waals surface area contributed by atoms with Crippen LogP contribution in [0.15, 0.2) is 0 Å². The number of nitrogens with zero attached hydrogens (tertiary/aromatic N) is 1. The van der Waals surface area contributed by atoms with E-state index in [0.29, 0.717) is 12.0 Å². The summed E-state index contributed by atoms with van der Waals surface area (Å²) in [5, 5.41) is 0. The summed E-state index contributed by atoms with van der Waals surface area (Å²) in [5.41, 5.74) is 6.61. The third kappa shape index (κ3) is 3.76. The molecule has 0 saturated heterocycles. The molecule has 1 aliphatic carbocycles. The second-order valence-corrected chi connectivity index (χ2v) is 7.61. The van der Waals surface area contributed by atoms with Crippen LogP contribution in [-0.2, 0) is 0 Å². The largest absolute Gasteiger partial charge is 0.329 e. The van der Waals surface area contributed by atoms with Gasteiger partial charge in [0.05, 0.1) is 0 Å². The second-order valence-electron chi connectivity index (χ2n) is 7.61. The first-order chi connectivity index (χ1) is 9.41. The van der Waals surface area contributed by atoms with Crippen molar-refractivity contribution in [3.05, 3.63) is 0 Å². The van der Waals surface area contributed by atoms with Gasteiger partial charge < -0.3 is 5.73 Å². The van der Waals surface area contributed by atoms with Gasteiger partial charge in [-0.15, -0.1) is 0 Å². The zero-order valence-electron chi connectivity index (χ0n) is 14.8. The van der Waals surface area contributed by atoms with Gasteiger partial charge in [0.2, 0.25) is 0 Å². The van der Waals surface area contributed by atoms with Gasteiger partial charge in [-0.05, 0) is 43.4 Å². The summed E-state index contributed by atoms with van der Waals surface area (Å²) in [6, 6.07) is 0.689. The van der Waals surface area contributed by atoms with Crippen LogP contribution in [0.2, 0.25) is 0 Å². The molecule has 2 heteroatoms. The van der Waals surface area contributed by atoms with Crippen LogP contribution in [0.4, 0.5) is 0 Å². The lowest BCUT2D eigenvalue weighted by atomic mass is 9.67. The van der Waals surface area contributed by atoms with Gasteiger partial charge in [-0.25, -0.2) is 0 Å². The van der Waals surface area contributed by atoms with Gasteiger partial charge in [0.25, 0.3) is 0 Å². The third-order valence-corrected chi connectivity index (χ3v) is 5.58. The van der Waals surface area contributed by atoms with Crippen molar-refractivity contribution < 1.29 is 0 Å². The fourth-order valence-electron chi connectivity index (χ4n) is 4.33. The molecule has 0 heterocycles. The highest BCUT2D eigenvalue weighted by Gasteiger charge is 2.45. The van der Waals surface area contributed by atoms with Crippen molar-refractivity contribution in [2.24, 2.45) is 23.5 Å². The topological polar surface area (TPSA) is 29.3 Å². The number of hydrogen-bond donors (Lipinski definition) is 1. The highest BCUT2D eigenvalue weighted by Crippen LogP contribution is 2.42. The van der Waals surface area contributed by atoms with Crippen LogP contribution < -0.4 is 5.73 Å². The van der Waals surface area contributed by atoms with Gasteiger partial charge in [0.1, 0.15) is 0 Å². The van der Waals surface area contributed by atoms with Crippen molar-refractivity contribution in [2.75, 3.05) is 13.1 Å². The normalized spacial score (nSPS) is 31.5. The molecule has 0 aromatic carbocycles. The second kappa shape index (κ2) is 7.79. The molecule has 1 aliphatic rings. The van der Waals surface area contributed by atoms with E-state index >= 15 is 0 Å². The van der Waals surface area contributed by atoms with E-state index in [1.54, 1.807) is 0 Å². The van der Waals surface area contributed by atoms with E-state index in [4.69, 9.17) is 5.73 Å². The third-order valence-electron chi connectivity index (χ3n) is 5.58. The molecule has 0 amide bonds. The Bertz CT molecular complexity index is 273. The molecule has 0 aromatic heterocycles. The van der Waals surface area contributed by atoms with Crippen LogP contribution in [0.25, 0.3) is 0 Å². The average Bonchev–Trinajstić information content (AvgIpc) is 2.41. The van der Waals surface area contributed by atoms with Gasteiger partial charge in [0, 0.05) is 24.7 Å². The molecule has 3 atom stereocenters. The Morgan fingerprint density at radius 2 is 1.75 bits per heavy atom. The van der Waals surface area contributed by atoms with Crippen molar-refractivity contribution in [3.8, 4) is 0 Å². The average molecular weight is 283 g/mol. The predicted molar refractivity (Wildman–Crippen MR) is 89.9 cm³/mol. The number of rotatable bonds is 7. The smallest absolute Gasteiger partial charge is 0.0362 e. The molecule has 3 unspecified atom stereocenters. The molecule has 0 spiro atoms. The molecule has 1 fully saturated rings. The molecule has 0 bridgehead atoms. The number of nitrogens with two attached hydrogens (primary N) is 1. The summed E-state index contributed by atoms with van der Waals surface area (Å²) in [4.78, 5) is 2.82. The summed E-state index contributed by atoms with van der Waals surface area (Å²) in [5.74, 6) is 2.25. The Morgan fingerprint density at radius 3 is 2.20 bits per heavy atom. The van der Waals surface area contributed by atoms with E-state index < -0.39 is 0 Å². The fraction of sp³-hybridized carbons (Fsp3) is 1.00. The molecule has 2 nitrogen and oxygen atoms in total. The van der Waals surface area contributed by atoms with Crippen molar-refractivity contribution in [1.29, 1.82) is 0 Å². The summed E-state index contributed by atoms with van der Waals surface area (Å²) in [6.07, 6.45) is 6.49. The molecule has 1 rings (SSSR count). The van der Waals surface area contributed by atoms with Crippen LogP contribution in [0, 0.1) is 17.8 Å². The highest BCUT2D eigenvalue weighted by atomic mass is 15.2. The molecule has 0 radical (unpaired) electrons. The molecule has 120 valence electrons. The monoisotopic (exact) mass is 282 g/mol. The molecule has 0 aromatic rings. The Balaban J connectivity index is 3.10. The maximum atomic E-state index is 6.37. The van der Waals surface area contributed by atoms with Crippen LogP contribution in [0.3, 0.4) is 0 Å². The minimum atomic E-state index is 0.235. The Kier molecular flexibility index (Phi) is 7.00. The summed E-state index contributed by atoms with van der Waals surface area (Å²) < 4.78 is 0. The van der Waals surface area contributed by atoms with Crippen molar-refractivity contribution >= 4 is 0 Å². The van der Waals surface area contributed by atoms with Crippen molar-refractivity contribution in [3.63, 3.8) is 0 Å². The van der Waals surface area contributed by atoms with E-state index in [1.165, 1.54) is 38.6 Å². The maximum Gasteiger partial charge on any atom is 0.0362 e. The van der Waals surface area contributed by atoms with E-state index in [0.717, 1.165) is 18.4 Å². The zero-order chi connectivity index (χ0) is 15.3. The first-order valence-electron chi connectivity index (χ1n) is 8.88. The molecule has 20 heavy (non-hydrogen) atoms. The van der Waals surface area contributed by atoms with E-state index in [1.807, 2.05) is 0 Å². The number of hydrogen-bond acceptors (Lipinski definition) is 2.